The summed E-state index contributed by atoms with van der Waals surface area (Å²) in [4.78, 5) is 14.2. The highest BCUT2D eigenvalue weighted by Crippen LogP contribution is 2.27. The van der Waals surface area contributed by atoms with Crippen molar-refractivity contribution in [1.82, 2.24) is 15.5 Å². The van der Waals surface area contributed by atoms with Crippen LogP contribution in [0.15, 0.2) is 23.0 Å². The van der Waals surface area contributed by atoms with E-state index >= 15 is 0 Å². The molecule has 3 heterocycles. The molecule has 2 aliphatic heterocycles. The van der Waals surface area contributed by atoms with Crippen LogP contribution < -0.4 is 15.4 Å². The summed E-state index contributed by atoms with van der Waals surface area (Å²) in [6.07, 6.45) is 3.58. The highest BCUT2D eigenvalue weighted by Gasteiger charge is 2.44. The lowest BCUT2D eigenvalue weighted by Gasteiger charge is -2.43. The highest BCUT2D eigenvalue weighted by molar-refractivity contribution is 5.71. The Morgan fingerprint density at radius 3 is 3.05 bits per heavy atom. The molecule has 0 bridgehead atoms. The molecule has 2 unspecified atom stereocenters. The Bertz CT molecular complexity index is 460. The molecule has 0 radical (unpaired) electrons. The third-order valence-electron chi connectivity index (χ3n) is 4.16. The van der Waals surface area contributed by atoms with Crippen LogP contribution in [0.3, 0.4) is 0 Å². The average Bonchev–Trinajstić information content (AvgIpc) is 3.06. The smallest absolute Gasteiger partial charge is 0.415 e. The van der Waals surface area contributed by atoms with E-state index in [-0.39, 0.29) is 12.1 Å². The molecule has 2 saturated heterocycles. The first kappa shape index (κ1) is 13.5. The number of hydrogen-bond acceptors (Lipinski definition) is 5. The molecule has 0 aliphatic carbocycles. The molecular formula is C14H21N3O3. The van der Waals surface area contributed by atoms with E-state index in [0.29, 0.717) is 23.8 Å². The molecule has 1 aromatic heterocycles. The zero-order valence-corrected chi connectivity index (χ0v) is 11.8. The molecule has 110 valence electrons. The molecule has 2 aliphatic rings. The Morgan fingerprint density at radius 1 is 1.50 bits per heavy atom. The lowest BCUT2D eigenvalue weighted by molar-refractivity contribution is 0.0738. The largest absolute Gasteiger partial charge is 0.469 e. The second kappa shape index (κ2) is 5.46. The summed E-state index contributed by atoms with van der Waals surface area (Å²) in [7, 11) is 0. The third-order valence-corrected chi connectivity index (χ3v) is 4.16. The second-order valence-corrected chi connectivity index (χ2v) is 5.76. The number of piperidine rings is 1. The van der Waals surface area contributed by atoms with E-state index in [9.17, 15) is 4.79 Å². The Hall–Kier alpha value is -1.53. The van der Waals surface area contributed by atoms with Gasteiger partial charge in [-0.3, -0.25) is 10.6 Å². The number of furan rings is 1. The van der Waals surface area contributed by atoms with E-state index in [1.54, 1.807) is 6.07 Å². The number of hydrogen-bond donors (Lipinski definition) is 2. The van der Waals surface area contributed by atoms with Gasteiger partial charge in [-0.2, -0.15) is 0 Å². The maximum Gasteiger partial charge on any atom is 0.415 e. The summed E-state index contributed by atoms with van der Waals surface area (Å²) in [6.45, 7) is 5.81. The van der Waals surface area contributed by atoms with Gasteiger partial charge in [0.1, 0.15) is 6.26 Å². The number of nitrogens with zero attached hydrogens (tertiary/aromatic N) is 1. The van der Waals surface area contributed by atoms with Crippen LogP contribution in [-0.4, -0.2) is 42.3 Å². The zero-order valence-electron chi connectivity index (χ0n) is 11.8. The molecule has 1 aromatic rings. The standard InChI is InChI=1S/C14H21N3O3/c1-9(2)13-12-11(15-8-16-12)3-5-17(13)14(18)20-10-4-6-19-7-10/h4,6-7,9,11-13,15-16H,3,5,8H2,1-2H3/t11?,12?,13-/m0/s1. The Morgan fingerprint density at radius 2 is 2.35 bits per heavy atom. The Labute approximate surface area is 118 Å². The molecule has 6 nitrogen and oxygen atoms in total. The molecule has 2 fully saturated rings. The number of fused-ring (bicyclic) bond motifs is 1. The summed E-state index contributed by atoms with van der Waals surface area (Å²) >= 11 is 0. The van der Waals surface area contributed by atoms with Crippen molar-refractivity contribution in [3.63, 3.8) is 0 Å². The number of carbonyl (C=O) groups is 1. The molecule has 20 heavy (non-hydrogen) atoms. The molecule has 6 heteroatoms. The molecular weight excluding hydrogens is 258 g/mol. The normalized spacial score (nSPS) is 29.6. The lowest BCUT2D eigenvalue weighted by atomic mass is 9.86. The van der Waals surface area contributed by atoms with Crippen LogP contribution in [0.4, 0.5) is 4.79 Å². The summed E-state index contributed by atoms with van der Waals surface area (Å²) in [5, 5.41) is 6.90. The molecule has 3 rings (SSSR count). The van der Waals surface area contributed by atoms with Gasteiger partial charge in [0.25, 0.3) is 0 Å². The number of nitrogens with one attached hydrogen (secondary N) is 2. The predicted octanol–water partition coefficient (Wildman–Crippen LogP) is 1.40. The van der Waals surface area contributed by atoms with E-state index in [0.717, 1.165) is 19.6 Å². The molecule has 3 atom stereocenters. The van der Waals surface area contributed by atoms with Crippen LogP contribution in [-0.2, 0) is 0 Å². The first-order chi connectivity index (χ1) is 9.66. The Kier molecular flexibility index (Phi) is 3.67. The number of carbonyl (C=O) groups excluding carboxylic acids is 1. The van der Waals surface area contributed by atoms with Crippen molar-refractivity contribution in [2.24, 2.45) is 5.92 Å². The van der Waals surface area contributed by atoms with Gasteiger partial charge >= 0.3 is 6.09 Å². The van der Waals surface area contributed by atoms with Crippen molar-refractivity contribution in [3.05, 3.63) is 18.6 Å². The SMILES string of the molecule is CC(C)[C@H]1C2NCNC2CCN1C(=O)Oc1ccoc1. The minimum atomic E-state index is -0.294. The van der Waals surface area contributed by atoms with Crippen LogP contribution in [0, 0.1) is 5.92 Å². The zero-order chi connectivity index (χ0) is 14.1. The first-order valence-electron chi connectivity index (χ1n) is 7.14. The van der Waals surface area contributed by atoms with Gasteiger partial charge < -0.3 is 14.1 Å². The quantitative estimate of drug-likeness (QED) is 0.856. The summed E-state index contributed by atoms with van der Waals surface area (Å²) in [6, 6.07) is 2.52. The summed E-state index contributed by atoms with van der Waals surface area (Å²) in [5.74, 6) is 0.823. The van der Waals surface area contributed by atoms with Crippen LogP contribution >= 0.6 is 0 Å². The molecule has 0 saturated carbocycles. The predicted molar refractivity (Wildman–Crippen MR) is 73.4 cm³/mol. The van der Waals surface area contributed by atoms with Gasteiger partial charge in [-0.1, -0.05) is 13.8 Å². The molecule has 1 amide bonds. The van der Waals surface area contributed by atoms with E-state index in [1.807, 2.05) is 4.90 Å². The number of rotatable bonds is 2. The maximum absolute atomic E-state index is 12.4. The van der Waals surface area contributed by atoms with Crippen molar-refractivity contribution in [3.8, 4) is 5.75 Å². The molecule has 0 aromatic carbocycles. The molecule has 2 N–H and O–H groups in total. The first-order valence-corrected chi connectivity index (χ1v) is 7.14. The van der Waals surface area contributed by atoms with Gasteiger partial charge in [-0.25, -0.2) is 4.79 Å². The van der Waals surface area contributed by atoms with Crippen molar-refractivity contribution >= 4 is 6.09 Å². The van der Waals surface area contributed by atoms with E-state index in [2.05, 4.69) is 24.5 Å². The second-order valence-electron chi connectivity index (χ2n) is 5.76. The van der Waals surface area contributed by atoms with Gasteiger partial charge in [0.15, 0.2) is 5.75 Å². The minimum absolute atomic E-state index is 0.142. The van der Waals surface area contributed by atoms with Crippen LogP contribution in [0.25, 0.3) is 0 Å². The van der Waals surface area contributed by atoms with Crippen LogP contribution in [0.5, 0.6) is 5.75 Å². The third kappa shape index (κ3) is 2.41. The fraction of sp³-hybridized carbons (Fsp3) is 0.643. The van der Waals surface area contributed by atoms with Crippen molar-refractivity contribution in [1.29, 1.82) is 0 Å². The summed E-state index contributed by atoms with van der Waals surface area (Å²) < 4.78 is 10.3. The van der Waals surface area contributed by atoms with E-state index in [4.69, 9.17) is 9.15 Å². The fourth-order valence-corrected chi connectivity index (χ4v) is 3.30. The van der Waals surface area contributed by atoms with E-state index in [1.165, 1.54) is 12.5 Å². The van der Waals surface area contributed by atoms with Crippen molar-refractivity contribution < 1.29 is 13.9 Å². The van der Waals surface area contributed by atoms with Gasteiger partial charge in [0.05, 0.1) is 12.3 Å². The molecule has 0 spiro atoms. The van der Waals surface area contributed by atoms with Crippen molar-refractivity contribution in [2.75, 3.05) is 13.2 Å². The number of likely N-dealkylation sites (tertiary alicyclic amines) is 1. The van der Waals surface area contributed by atoms with Crippen molar-refractivity contribution in [2.45, 2.75) is 38.4 Å². The van der Waals surface area contributed by atoms with E-state index < -0.39 is 0 Å². The Balaban J connectivity index is 1.75. The van der Waals surface area contributed by atoms with Crippen LogP contribution in [0.2, 0.25) is 0 Å². The van der Waals surface area contributed by atoms with Gasteiger partial charge in [-0.15, -0.1) is 0 Å². The van der Waals surface area contributed by atoms with Gasteiger partial charge in [0, 0.05) is 31.4 Å². The lowest BCUT2D eigenvalue weighted by Crippen LogP contribution is -2.61. The van der Waals surface area contributed by atoms with Gasteiger partial charge in [0.2, 0.25) is 0 Å². The summed E-state index contributed by atoms with van der Waals surface area (Å²) in [5.41, 5.74) is 0. The van der Waals surface area contributed by atoms with Gasteiger partial charge in [-0.05, 0) is 12.3 Å². The number of ether oxygens (including phenoxy) is 1. The topological polar surface area (TPSA) is 66.7 Å². The average molecular weight is 279 g/mol. The highest BCUT2D eigenvalue weighted by atomic mass is 16.6. The fourth-order valence-electron chi connectivity index (χ4n) is 3.30. The van der Waals surface area contributed by atoms with Crippen LogP contribution in [0.1, 0.15) is 20.3 Å². The monoisotopic (exact) mass is 279 g/mol. The maximum atomic E-state index is 12.4. The number of amides is 1. The minimum Gasteiger partial charge on any atom is -0.469 e.